The summed E-state index contributed by atoms with van der Waals surface area (Å²) < 4.78 is 1.11. The van der Waals surface area contributed by atoms with Crippen molar-refractivity contribution >= 4 is 0 Å². The van der Waals surface area contributed by atoms with Gasteiger partial charge in [-0.05, 0) is 18.2 Å². The second-order valence-corrected chi connectivity index (χ2v) is 3.45. The molecule has 0 aliphatic heterocycles. The molecule has 0 bridgehead atoms. The molecule has 0 spiro atoms. The molecule has 18 heavy (non-hydrogen) atoms. The topological polar surface area (TPSA) is 102 Å². The molecule has 0 aliphatic carbocycles. The van der Waals surface area contributed by atoms with Crippen LogP contribution in [0.4, 0.5) is 0 Å². The number of aromatic amines is 1. The monoisotopic (exact) mass is 238 g/mol. The Kier molecular flexibility index (Phi) is 2.78. The van der Waals surface area contributed by atoms with E-state index < -0.39 is 11.2 Å². The fraction of sp³-hybridized carbons (Fsp3) is 0. The lowest BCUT2D eigenvalue weighted by molar-refractivity contribution is 0.889. The average Bonchev–Trinajstić information content (AvgIpc) is 2.39. The smallest absolute Gasteiger partial charge is 0.273 e. The van der Waals surface area contributed by atoms with E-state index >= 15 is 0 Å². The summed E-state index contributed by atoms with van der Waals surface area (Å²) in [4.78, 5) is 24.9. The van der Waals surface area contributed by atoms with Crippen LogP contribution in [-0.4, -0.2) is 9.55 Å². The summed E-state index contributed by atoms with van der Waals surface area (Å²) in [6.45, 7) is 0. The molecular weight excluding hydrogens is 232 g/mol. The molecular formula is C12H6N4O2. The van der Waals surface area contributed by atoms with E-state index in [2.05, 4.69) is 0 Å². The van der Waals surface area contributed by atoms with E-state index in [-0.39, 0.29) is 5.56 Å². The van der Waals surface area contributed by atoms with Crippen molar-refractivity contribution in [1.82, 2.24) is 9.55 Å². The zero-order valence-electron chi connectivity index (χ0n) is 9.04. The lowest BCUT2D eigenvalue weighted by Crippen LogP contribution is -2.30. The Morgan fingerprint density at radius 3 is 2.61 bits per heavy atom. The maximum Gasteiger partial charge on any atom is 0.332 e. The highest BCUT2D eigenvalue weighted by Crippen LogP contribution is 2.07. The third kappa shape index (κ3) is 1.91. The van der Waals surface area contributed by atoms with Gasteiger partial charge < -0.3 is 0 Å². The molecule has 6 heteroatoms. The van der Waals surface area contributed by atoms with Crippen molar-refractivity contribution in [1.29, 1.82) is 10.5 Å². The SMILES string of the molecule is N#Cc1cccc(-n2cc(C#N)c(=O)[nH]c2=O)c1. The van der Waals surface area contributed by atoms with Crippen molar-refractivity contribution in [2.24, 2.45) is 0 Å². The van der Waals surface area contributed by atoms with Crippen LogP contribution in [0.3, 0.4) is 0 Å². The maximum absolute atomic E-state index is 11.6. The van der Waals surface area contributed by atoms with Crippen molar-refractivity contribution in [3.05, 3.63) is 62.4 Å². The first kappa shape index (κ1) is 11.4. The number of nitrogens with one attached hydrogen (secondary N) is 1. The van der Waals surface area contributed by atoms with E-state index in [1.807, 2.05) is 11.1 Å². The number of hydrogen-bond donors (Lipinski definition) is 1. The normalized spacial score (nSPS) is 9.44. The molecule has 0 saturated heterocycles. The molecule has 86 valence electrons. The number of hydrogen-bond acceptors (Lipinski definition) is 4. The highest BCUT2D eigenvalue weighted by atomic mass is 16.2. The van der Waals surface area contributed by atoms with Crippen LogP contribution in [-0.2, 0) is 0 Å². The molecule has 0 unspecified atom stereocenters. The van der Waals surface area contributed by atoms with Crippen LogP contribution in [0, 0.1) is 22.7 Å². The summed E-state index contributed by atoms with van der Waals surface area (Å²) in [6.07, 6.45) is 1.15. The van der Waals surface area contributed by atoms with Gasteiger partial charge in [0.1, 0.15) is 11.6 Å². The zero-order valence-corrected chi connectivity index (χ0v) is 9.04. The molecule has 0 amide bonds. The molecule has 0 aliphatic rings. The van der Waals surface area contributed by atoms with Crippen molar-refractivity contribution in [2.75, 3.05) is 0 Å². The maximum atomic E-state index is 11.6. The van der Waals surface area contributed by atoms with E-state index in [1.165, 1.54) is 6.07 Å². The van der Waals surface area contributed by atoms with Gasteiger partial charge in [-0.3, -0.25) is 14.3 Å². The van der Waals surface area contributed by atoms with Crippen molar-refractivity contribution in [3.63, 3.8) is 0 Å². The molecule has 1 aromatic carbocycles. The Morgan fingerprint density at radius 1 is 1.17 bits per heavy atom. The van der Waals surface area contributed by atoms with Gasteiger partial charge in [0.25, 0.3) is 5.56 Å². The summed E-state index contributed by atoms with van der Waals surface area (Å²) in [5, 5.41) is 17.5. The number of rotatable bonds is 1. The number of aromatic nitrogens is 2. The third-order valence-electron chi connectivity index (χ3n) is 2.32. The average molecular weight is 238 g/mol. The third-order valence-corrected chi connectivity index (χ3v) is 2.32. The molecule has 1 aromatic heterocycles. The Hall–Kier alpha value is -3.12. The van der Waals surface area contributed by atoms with Crippen LogP contribution in [0.1, 0.15) is 11.1 Å². The predicted molar refractivity (Wildman–Crippen MR) is 62.1 cm³/mol. The summed E-state index contributed by atoms with van der Waals surface area (Å²) in [6, 6.07) is 9.92. The zero-order chi connectivity index (χ0) is 13.1. The van der Waals surface area contributed by atoms with Crippen LogP contribution >= 0.6 is 0 Å². The molecule has 0 atom stereocenters. The fourth-order valence-corrected chi connectivity index (χ4v) is 1.47. The predicted octanol–water partition coefficient (Wildman–Crippen LogP) is 0.269. The van der Waals surface area contributed by atoms with Crippen LogP contribution in [0.15, 0.2) is 40.1 Å². The molecule has 6 nitrogen and oxygen atoms in total. The van der Waals surface area contributed by atoms with Crippen molar-refractivity contribution in [2.45, 2.75) is 0 Å². The van der Waals surface area contributed by atoms with Gasteiger partial charge in [0.15, 0.2) is 0 Å². The highest BCUT2D eigenvalue weighted by Gasteiger charge is 2.06. The Balaban J connectivity index is 2.72. The molecule has 1 N–H and O–H groups in total. The number of nitriles is 2. The van der Waals surface area contributed by atoms with Gasteiger partial charge in [0.2, 0.25) is 0 Å². The molecule has 2 rings (SSSR count). The minimum Gasteiger partial charge on any atom is -0.273 e. The molecule has 1 heterocycles. The first-order chi connectivity index (χ1) is 8.65. The van der Waals surface area contributed by atoms with Gasteiger partial charge in [0, 0.05) is 6.20 Å². The molecule has 0 saturated carbocycles. The molecule has 2 aromatic rings. The van der Waals surface area contributed by atoms with Crippen molar-refractivity contribution in [3.8, 4) is 17.8 Å². The van der Waals surface area contributed by atoms with E-state index in [9.17, 15) is 9.59 Å². The van der Waals surface area contributed by atoms with Crippen molar-refractivity contribution < 1.29 is 0 Å². The Labute approximate surface area is 101 Å². The largest absolute Gasteiger partial charge is 0.332 e. The van der Waals surface area contributed by atoms with Gasteiger partial charge in [-0.15, -0.1) is 0 Å². The quantitative estimate of drug-likeness (QED) is 0.770. The first-order valence-corrected chi connectivity index (χ1v) is 4.92. The number of nitrogens with zero attached hydrogens (tertiary/aromatic N) is 3. The van der Waals surface area contributed by atoms with Gasteiger partial charge in [-0.1, -0.05) is 6.07 Å². The fourth-order valence-electron chi connectivity index (χ4n) is 1.47. The molecule has 0 radical (unpaired) electrons. The second kappa shape index (κ2) is 4.40. The minimum atomic E-state index is -0.727. The van der Waals surface area contributed by atoms with Gasteiger partial charge in [0.05, 0.1) is 17.3 Å². The minimum absolute atomic E-state index is 0.169. The Bertz CT molecular complexity index is 802. The van der Waals surface area contributed by atoms with E-state index in [0.29, 0.717) is 11.3 Å². The standard InChI is InChI=1S/C12H6N4O2/c13-5-8-2-1-3-10(4-8)16-7-9(6-14)11(17)15-12(16)18/h1-4,7H,(H,15,17,18). The number of benzene rings is 1. The second-order valence-electron chi connectivity index (χ2n) is 3.45. The van der Waals surface area contributed by atoms with Crippen LogP contribution in [0.5, 0.6) is 0 Å². The summed E-state index contributed by atoms with van der Waals surface area (Å²) in [7, 11) is 0. The molecule has 0 fully saturated rings. The van der Waals surface area contributed by atoms with Gasteiger partial charge in [-0.2, -0.15) is 10.5 Å². The lowest BCUT2D eigenvalue weighted by Gasteiger charge is -2.04. The van der Waals surface area contributed by atoms with Crippen LogP contribution in [0.25, 0.3) is 5.69 Å². The van der Waals surface area contributed by atoms with E-state index in [0.717, 1.165) is 10.8 Å². The Morgan fingerprint density at radius 2 is 1.94 bits per heavy atom. The van der Waals surface area contributed by atoms with Gasteiger partial charge in [-0.25, -0.2) is 4.79 Å². The first-order valence-electron chi connectivity index (χ1n) is 4.92. The summed E-state index contributed by atoms with van der Waals surface area (Å²) in [5.41, 5.74) is -0.767. The van der Waals surface area contributed by atoms with E-state index in [1.54, 1.807) is 24.3 Å². The van der Waals surface area contributed by atoms with Gasteiger partial charge >= 0.3 is 5.69 Å². The summed E-state index contributed by atoms with van der Waals surface area (Å²) >= 11 is 0. The van der Waals surface area contributed by atoms with Crippen LogP contribution < -0.4 is 11.2 Å². The lowest BCUT2D eigenvalue weighted by atomic mass is 10.2. The van der Waals surface area contributed by atoms with Crippen LogP contribution in [0.2, 0.25) is 0 Å². The highest BCUT2D eigenvalue weighted by molar-refractivity contribution is 5.41. The number of H-pyrrole nitrogens is 1. The van der Waals surface area contributed by atoms with E-state index in [4.69, 9.17) is 10.5 Å². The summed E-state index contributed by atoms with van der Waals surface area (Å²) in [5.74, 6) is 0.